The topological polar surface area (TPSA) is 37.8 Å². The second kappa shape index (κ2) is 7.77. The molecule has 1 rings (SSSR count). The summed E-state index contributed by atoms with van der Waals surface area (Å²) in [5.41, 5.74) is 0. The number of rotatable bonds is 8. The zero-order valence-corrected chi connectivity index (χ0v) is 10.6. The average molecular weight is 227 g/mol. The zero-order chi connectivity index (χ0) is 10.9. The van der Waals surface area contributed by atoms with E-state index in [1.807, 2.05) is 0 Å². The summed E-state index contributed by atoms with van der Waals surface area (Å²) in [5, 5.41) is 14.1. The van der Waals surface area contributed by atoms with Gasteiger partial charge in [0.05, 0.1) is 0 Å². The molecular formula is C11H21N3S. The van der Waals surface area contributed by atoms with Crippen LogP contribution in [0.15, 0.2) is 0 Å². The van der Waals surface area contributed by atoms with Gasteiger partial charge in [0.25, 0.3) is 0 Å². The van der Waals surface area contributed by atoms with Crippen molar-refractivity contribution in [1.82, 2.24) is 15.5 Å². The molecule has 0 spiro atoms. The molecule has 0 saturated carbocycles. The first kappa shape index (κ1) is 12.6. The van der Waals surface area contributed by atoms with Crippen LogP contribution in [0.1, 0.15) is 43.1 Å². The van der Waals surface area contributed by atoms with Crippen LogP contribution in [0.4, 0.5) is 0 Å². The number of nitrogens with zero attached hydrogens (tertiary/aromatic N) is 2. The summed E-state index contributed by atoms with van der Waals surface area (Å²) in [5.74, 6) is 0. The number of nitrogens with one attached hydrogen (secondary N) is 1. The highest BCUT2D eigenvalue weighted by Gasteiger charge is 2.02. The van der Waals surface area contributed by atoms with Crippen LogP contribution in [0.5, 0.6) is 0 Å². The van der Waals surface area contributed by atoms with E-state index in [1.165, 1.54) is 22.9 Å². The van der Waals surface area contributed by atoms with Gasteiger partial charge < -0.3 is 5.32 Å². The van der Waals surface area contributed by atoms with Crippen molar-refractivity contribution in [1.29, 1.82) is 0 Å². The summed E-state index contributed by atoms with van der Waals surface area (Å²) >= 11 is 1.78. The Balaban J connectivity index is 2.20. The average Bonchev–Trinajstić information content (AvgIpc) is 2.69. The van der Waals surface area contributed by atoms with Gasteiger partial charge in [0.15, 0.2) is 0 Å². The molecule has 1 aromatic heterocycles. The van der Waals surface area contributed by atoms with Gasteiger partial charge in [-0.1, -0.05) is 20.3 Å². The minimum atomic E-state index is 1.05. The first-order chi connectivity index (χ1) is 7.36. The first-order valence-corrected chi connectivity index (χ1v) is 6.70. The van der Waals surface area contributed by atoms with E-state index in [-0.39, 0.29) is 0 Å². The van der Waals surface area contributed by atoms with Gasteiger partial charge in [0.1, 0.15) is 10.0 Å². The van der Waals surface area contributed by atoms with Gasteiger partial charge in [-0.15, -0.1) is 21.5 Å². The highest BCUT2D eigenvalue weighted by atomic mass is 32.1. The van der Waals surface area contributed by atoms with Crippen molar-refractivity contribution in [3.8, 4) is 0 Å². The highest BCUT2D eigenvalue weighted by molar-refractivity contribution is 7.11. The SMILES string of the molecule is CCCCc1nnc(CCCNCC)s1. The molecule has 1 aromatic rings. The molecule has 0 fully saturated rings. The van der Waals surface area contributed by atoms with Gasteiger partial charge in [0, 0.05) is 12.8 Å². The van der Waals surface area contributed by atoms with Gasteiger partial charge >= 0.3 is 0 Å². The number of hydrogen-bond donors (Lipinski definition) is 1. The van der Waals surface area contributed by atoms with E-state index in [4.69, 9.17) is 0 Å². The van der Waals surface area contributed by atoms with Crippen molar-refractivity contribution < 1.29 is 0 Å². The quantitative estimate of drug-likeness (QED) is 0.693. The molecule has 3 nitrogen and oxygen atoms in total. The lowest BCUT2D eigenvalue weighted by Gasteiger charge is -1.97. The molecular weight excluding hydrogens is 206 g/mol. The molecule has 1 heterocycles. The van der Waals surface area contributed by atoms with Crippen molar-refractivity contribution in [2.45, 2.75) is 46.0 Å². The van der Waals surface area contributed by atoms with Crippen LogP contribution in [0, 0.1) is 0 Å². The normalized spacial score (nSPS) is 10.8. The molecule has 1 N–H and O–H groups in total. The lowest BCUT2D eigenvalue weighted by atomic mass is 10.3. The van der Waals surface area contributed by atoms with Gasteiger partial charge in [-0.05, 0) is 25.9 Å². The largest absolute Gasteiger partial charge is 0.317 e. The van der Waals surface area contributed by atoms with Crippen molar-refractivity contribution in [2.75, 3.05) is 13.1 Å². The summed E-state index contributed by atoms with van der Waals surface area (Å²) in [7, 11) is 0. The standard InChI is InChI=1S/C11H21N3S/c1-3-5-7-10-13-14-11(15-10)8-6-9-12-4-2/h12H,3-9H2,1-2H3. The van der Waals surface area contributed by atoms with Crippen molar-refractivity contribution in [3.05, 3.63) is 10.0 Å². The van der Waals surface area contributed by atoms with E-state index in [2.05, 4.69) is 29.4 Å². The lowest BCUT2D eigenvalue weighted by Crippen LogP contribution is -2.14. The Bertz CT molecular complexity index is 260. The third-order valence-electron chi connectivity index (χ3n) is 2.25. The predicted molar refractivity (Wildman–Crippen MR) is 65.4 cm³/mol. The Labute approximate surface area is 96.3 Å². The third kappa shape index (κ3) is 5.23. The Kier molecular flexibility index (Phi) is 6.52. The fourth-order valence-electron chi connectivity index (χ4n) is 1.36. The molecule has 0 aliphatic heterocycles. The second-order valence-electron chi connectivity index (χ2n) is 3.65. The molecule has 0 aliphatic carbocycles. The van der Waals surface area contributed by atoms with E-state index in [0.717, 1.165) is 32.4 Å². The molecule has 0 saturated heterocycles. The van der Waals surface area contributed by atoms with Crippen molar-refractivity contribution in [2.24, 2.45) is 0 Å². The predicted octanol–water partition coefficient (Wildman–Crippen LogP) is 2.42. The van der Waals surface area contributed by atoms with Crippen LogP contribution in [0.3, 0.4) is 0 Å². The van der Waals surface area contributed by atoms with E-state index >= 15 is 0 Å². The van der Waals surface area contributed by atoms with Crippen LogP contribution in [0.25, 0.3) is 0 Å². The molecule has 15 heavy (non-hydrogen) atoms. The monoisotopic (exact) mass is 227 g/mol. The van der Waals surface area contributed by atoms with Crippen LogP contribution in [-0.2, 0) is 12.8 Å². The van der Waals surface area contributed by atoms with Crippen LogP contribution < -0.4 is 5.32 Å². The molecule has 0 atom stereocenters. The Morgan fingerprint density at radius 1 is 1.07 bits per heavy atom. The fourth-order valence-corrected chi connectivity index (χ4v) is 2.29. The molecule has 86 valence electrons. The number of aryl methyl sites for hydroxylation is 2. The summed E-state index contributed by atoms with van der Waals surface area (Å²) in [6.07, 6.45) is 5.79. The van der Waals surface area contributed by atoms with E-state index in [1.54, 1.807) is 11.3 Å². The maximum absolute atomic E-state index is 4.21. The lowest BCUT2D eigenvalue weighted by molar-refractivity contribution is 0.668. The van der Waals surface area contributed by atoms with Gasteiger partial charge in [-0.3, -0.25) is 0 Å². The van der Waals surface area contributed by atoms with Crippen molar-refractivity contribution in [3.63, 3.8) is 0 Å². The molecule has 0 aromatic carbocycles. The second-order valence-corrected chi connectivity index (χ2v) is 4.80. The van der Waals surface area contributed by atoms with Crippen LogP contribution in [-0.4, -0.2) is 23.3 Å². The van der Waals surface area contributed by atoms with Crippen LogP contribution in [0.2, 0.25) is 0 Å². The Morgan fingerprint density at radius 2 is 1.73 bits per heavy atom. The molecule has 0 radical (unpaired) electrons. The minimum Gasteiger partial charge on any atom is -0.317 e. The Hall–Kier alpha value is -0.480. The van der Waals surface area contributed by atoms with Crippen molar-refractivity contribution >= 4 is 11.3 Å². The third-order valence-corrected chi connectivity index (χ3v) is 3.29. The maximum Gasteiger partial charge on any atom is 0.117 e. The molecule has 4 heteroatoms. The maximum atomic E-state index is 4.21. The van der Waals surface area contributed by atoms with E-state index in [9.17, 15) is 0 Å². The Morgan fingerprint density at radius 3 is 2.33 bits per heavy atom. The van der Waals surface area contributed by atoms with Gasteiger partial charge in [-0.2, -0.15) is 0 Å². The summed E-state index contributed by atoms with van der Waals surface area (Å²) < 4.78 is 0. The number of unbranched alkanes of at least 4 members (excludes halogenated alkanes) is 1. The summed E-state index contributed by atoms with van der Waals surface area (Å²) in [6, 6.07) is 0. The van der Waals surface area contributed by atoms with Gasteiger partial charge in [-0.25, -0.2) is 0 Å². The first-order valence-electron chi connectivity index (χ1n) is 5.88. The van der Waals surface area contributed by atoms with E-state index in [0.29, 0.717) is 0 Å². The summed E-state index contributed by atoms with van der Waals surface area (Å²) in [6.45, 7) is 6.48. The number of aromatic nitrogens is 2. The van der Waals surface area contributed by atoms with E-state index < -0.39 is 0 Å². The molecule has 0 aliphatic rings. The smallest absolute Gasteiger partial charge is 0.117 e. The summed E-state index contributed by atoms with van der Waals surface area (Å²) in [4.78, 5) is 0. The zero-order valence-electron chi connectivity index (χ0n) is 9.75. The molecule has 0 bridgehead atoms. The fraction of sp³-hybridized carbons (Fsp3) is 0.818. The van der Waals surface area contributed by atoms with Crippen LogP contribution >= 0.6 is 11.3 Å². The molecule has 0 unspecified atom stereocenters. The number of hydrogen-bond acceptors (Lipinski definition) is 4. The minimum absolute atomic E-state index is 1.05. The highest BCUT2D eigenvalue weighted by Crippen LogP contribution is 2.13. The molecule has 0 amide bonds. The van der Waals surface area contributed by atoms with Gasteiger partial charge in [0.2, 0.25) is 0 Å².